The normalized spacial score (nSPS) is 10.7. The summed E-state index contributed by atoms with van der Waals surface area (Å²) >= 11 is 0. The Hall–Kier alpha value is -1.32. The van der Waals surface area contributed by atoms with Gasteiger partial charge in [0.25, 0.3) is 0 Å². The number of esters is 1. The maximum Gasteiger partial charge on any atom is 0.330 e. The second-order valence-electron chi connectivity index (χ2n) is 4.85. The van der Waals surface area contributed by atoms with Crippen LogP contribution in [0.3, 0.4) is 0 Å². The lowest BCUT2D eigenvalue weighted by Crippen LogP contribution is -2.22. The Kier molecular flexibility index (Phi) is 13.2. The highest BCUT2D eigenvalue weighted by Crippen LogP contribution is 2.07. The summed E-state index contributed by atoms with van der Waals surface area (Å²) in [7, 11) is 0. The van der Waals surface area contributed by atoms with Crippen molar-refractivity contribution in [1.29, 1.82) is 0 Å². The zero-order valence-corrected chi connectivity index (χ0v) is 13.0. The van der Waals surface area contributed by atoms with Crippen molar-refractivity contribution < 1.29 is 14.3 Å². The zero-order valence-electron chi connectivity index (χ0n) is 13.0. The standard InChI is InChI=1S/C16H29NO3/c1-3-5-6-7-8-9-10-11-14-17-15(18)12-13-16(19)20-4-2/h12-13H,3-11,14H2,1-2H3,(H,17,18)/b13-12-. The third kappa shape index (κ3) is 13.1. The second-order valence-corrected chi connectivity index (χ2v) is 4.85. The lowest BCUT2D eigenvalue weighted by Gasteiger charge is -2.03. The van der Waals surface area contributed by atoms with Gasteiger partial charge in [-0.25, -0.2) is 4.79 Å². The highest BCUT2D eigenvalue weighted by atomic mass is 16.5. The van der Waals surface area contributed by atoms with Crippen LogP contribution in [0.4, 0.5) is 0 Å². The average Bonchev–Trinajstić information content (AvgIpc) is 2.43. The van der Waals surface area contributed by atoms with Crippen molar-refractivity contribution in [3.8, 4) is 0 Å². The number of hydrogen-bond donors (Lipinski definition) is 1. The monoisotopic (exact) mass is 283 g/mol. The maximum atomic E-state index is 11.4. The molecule has 4 heteroatoms. The molecule has 0 aliphatic carbocycles. The molecule has 0 saturated carbocycles. The maximum absolute atomic E-state index is 11.4. The Morgan fingerprint density at radius 2 is 1.50 bits per heavy atom. The van der Waals surface area contributed by atoms with E-state index in [0.717, 1.165) is 18.9 Å². The Morgan fingerprint density at radius 1 is 0.900 bits per heavy atom. The van der Waals surface area contributed by atoms with E-state index in [0.29, 0.717) is 13.2 Å². The third-order valence-corrected chi connectivity index (χ3v) is 2.99. The van der Waals surface area contributed by atoms with Gasteiger partial charge in [0.05, 0.1) is 6.61 Å². The summed E-state index contributed by atoms with van der Waals surface area (Å²) in [6.07, 6.45) is 12.3. The van der Waals surface area contributed by atoms with Gasteiger partial charge in [-0.2, -0.15) is 0 Å². The highest BCUT2D eigenvalue weighted by molar-refractivity contribution is 5.94. The van der Waals surface area contributed by atoms with Crippen molar-refractivity contribution in [2.45, 2.75) is 65.2 Å². The molecule has 20 heavy (non-hydrogen) atoms. The van der Waals surface area contributed by atoms with Crippen LogP contribution in [0.25, 0.3) is 0 Å². The smallest absolute Gasteiger partial charge is 0.330 e. The molecule has 0 rings (SSSR count). The van der Waals surface area contributed by atoms with Crippen LogP contribution in [-0.2, 0) is 14.3 Å². The van der Waals surface area contributed by atoms with Crippen LogP contribution < -0.4 is 5.32 Å². The summed E-state index contributed by atoms with van der Waals surface area (Å²) in [4.78, 5) is 22.3. The molecule has 1 N–H and O–H groups in total. The minimum absolute atomic E-state index is 0.235. The van der Waals surface area contributed by atoms with Gasteiger partial charge < -0.3 is 10.1 Å². The summed E-state index contributed by atoms with van der Waals surface area (Å²) in [5, 5.41) is 2.76. The van der Waals surface area contributed by atoms with Crippen molar-refractivity contribution in [2.24, 2.45) is 0 Å². The van der Waals surface area contributed by atoms with Crippen LogP contribution in [0.1, 0.15) is 65.2 Å². The molecule has 0 aliphatic rings. The van der Waals surface area contributed by atoms with Crippen molar-refractivity contribution >= 4 is 11.9 Å². The SMILES string of the molecule is CCCCCCCCCCNC(=O)/C=C\C(=O)OCC. The van der Waals surface area contributed by atoms with Crippen molar-refractivity contribution in [1.82, 2.24) is 5.32 Å². The Morgan fingerprint density at radius 3 is 2.10 bits per heavy atom. The van der Waals surface area contributed by atoms with Gasteiger partial charge in [0.2, 0.25) is 5.91 Å². The summed E-state index contributed by atoms with van der Waals surface area (Å²) in [6, 6.07) is 0. The number of hydrogen-bond acceptors (Lipinski definition) is 3. The Labute approximate surface area is 123 Å². The van der Waals surface area contributed by atoms with Crippen LogP contribution in [0.2, 0.25) is 0 Å². The van der Waals surface area contributed by atoms with E-state index in [1.54, 1.807) is 6.92 Å². The summed E-state index contributed by atoms with van der Waals surface area (Å²) in [5.41, 5.74) is 0. The Balaban J connectivity index is 3.37. The molecule has 0 spiro atoms. The molecule has 0 aliphatic heterocycles. The first kappa shape index (κ1) is 18.7. The first-order chi connectivity index (χ1) is 9.70. The predicted molar refractivity (Wildman–Crippen MR) is 81.4 cm³/mol. The molecule has 0 fully saturated rings. The van der Waals surface area contributed by atoms with Gasteiger partial charge in [0, 0.05) is 18.7 Å². The molecule has 0 bridgehead atoms. The number of carbonyl (C=O) groups is 2. The molecular weight excluding hydrogens is 254 g/mol. The fraction of sp³-hybridized carbons (Fsp3) is 0.750. The number of amides is 1. The van der Waals surface area contributed by atoms with E-state index in [1.165, 1.54) is 44.6 Å². The third-order valence-electron chi connectivity index (χ3n) is 2.99. The largest absolute Gasteiger partial charge is 0.463 e. The molecule has 1 amide bonds. The molecule has 0 radical (unpaired) electrons. The molecule has 0 atom stereocenters. The predicted octanol–water partition coefficient (Wildman–Crippen LogP) is 3.36. The minimum Gasteiger partial charge on any atom is -0.463 e. The van der Waals surface area contributed by atoms with Gasteiger partial charge >= 0.3 is 5.97 Å². The molecule has 0 aromatic rings. The number of ether oxygens (including phenoxy) is 1. The van der Waals surface area contributed by atoms with Crippen molar-refractivity contribution in [3.05, 3.63) is 12.2 Å². The fourth-order valence-electron chi connectivity index (χ4n) is 1.86. The van der Waals surface area contributed by atoms with Gasteiger partial charge in [0.15, 0.2) is 0 Å². The average molecular weight is 283 g/mol. The summed E-state index contributed by atoms with van der Waals surface area (Å²) in [5.74, 6) is -0.712. The van der Waals surface area contributed by atoms with Crippen LogP contribution in [-0.4, -0.2) is 25.0 Å². The summed E-state index contributed by atoms with van der Waals surface area (Å²) < 4.78 is 4.68. The number of unbranched alkanes of at least 4 members (excludes halogenated alkanes) is 7. The van der Waals surface area contributed by atoms with Crippen molar-refractivity contribution in [3.63, 3.8) is 0 Å². The topological polar surface area (TPSA) is 55.4 Å². The lowest BCUT2D eigenvalue weighted by atomic mass is 10.1. The fourth-order valence-corrected chi connectivity index (χ4v) is 1.86. The molecule has 0 aromatic heterocycles. The number of carbonyl (C=O) groups excluding carboxylic acids is 2. The number of rotatable bonds is 12. The van der Waals surface area contributed by atoms with Crippen molar-refractivity contribution in [2.75, 3.05) is 13.2 Å². The molecule has 0 saturated heterocycles. The second kappa shape index (κ2) is 14.1. The van der Waals surface area contributed by atoms with Gasteiger partial charge in [-0.3, -0.25) is 4.79 Å². The van der Waals surface area contributed by atoms with E-state index in [9.17, 15) is 9.59 Å². The van der Waals surface area contributed by atoms with Gasteiger partial charge in [-0.05, 0) is 13.3 Å². The van der Waals surface area contributed by atoms with E-state index in [2.05, 4.69) is 17.0 Å². The van der Waals surface area contributed by atoms with Crippen LogP contribution in [0.15, 0.2) is 12.2 Å². The number of nitrogens with one attached hydrogen (secondary N) is 1. The van der Waals surface area contributed by atoms with Gasteiger partial charge in [-0.1, -0.05) is 51.9 Å². The van der Waals surface area contributed by atoms with Gasteiger partial charge in [0.1, 0.15) is 0 Å². The quantitative estimate of drug-likeness (QED) is 0.339. The minimum atomic E-state index is -0.477. The van der Waals surface area contributed by atoms with E-state index < -0.39 is 5.97 Å². The molecule has 116 valence electrons. The Bertz CT molecular complexity index is 287. The van der Waals surface area contributed by atoms with Crippen LogP contribution in [0.5, 0.6) is 0 Å². The van der Waals surface area contributed by atoms with Gasteiger partial charge in [-0.15, -0.1) is 0 Å². The highest BCUT2D eigenvalue weighted by Gasteiger charge is 1.98. The molecule has 4 nitrogen and oxygen atoms in total. The molecular formula is C16H29NO3. The van der Waals surface area contributed by atoms with E-state index in [-0.39, 0.29) is 5.91 Å². The van der Waals surface area contributed by atoms with E-state index in [1.807, 2.05) is 0 Å². The first-order valence-corrected chi connectivity index (χ1v) is 7.83. The summed E-state index contributed by atoms with van der Waals surface area (Å²) in [6.45, 7) is 4.94. The zero-order chi connectivity index (χ0) is 15.1. The van der Waals surface area contributed by atoms with E-state index in [4.69, 9.17) is 0 Å². The first-order valence-electron chi connectivity index (χ1n) is 7.83. The molecule has 0 unspecified atom stereocenters. The molecule has 0 heterocycles. The van der Waals surface area contributed by atoms with Crippen LogP contribution >= 0.6 is 0 Å². The molecule has 0 aromatic carbocycles. The lowest BCUT2D eigenvalue weighted by molar-refractivity contribution is -0.137. The van der Waals surface area contributed by atoms with E-state index >= 15 is 0 Å². The van der Waals surface area contributed by atoms with Crippen LogP contribution in [0, 0.1) is 0 Å².